The topological polar surface area (TPSA) is 48.3 Å². The fourth-order valence-corrected chi connectivity index (χ4v) is 2.19. The summed E-state index contributed by atoms with van der Waals surface area (Å²) in [6.07, 6.45) is 3.69. The molecular formula is C14H18ClN3O2. The third kappa shape index (κ3) is 3.43. The van der Waals surface area contributed by atoms with Crippen molar-refractivity contribution in [3.05, 3.63) is 40.7 Å². The Labute approximate surface area is 123 Å². The van der Waals surface area contributed by atoms with Crippen LogP contribution >= 0.6 is 11.6 Å². The second kappa shape index (κ2) is 6.63. The van der Waals surface area contributed by atoms with E-state index in [1.807, 2.05) is 26.4 Å². The Morgan fingerprint density at radius 3 is 2.80 bits per heavy atom. The molecule has 2 rings (SSSR count). The molecular weight excluding hydrogens is 278 g/mol. The SMILES string of the molecule is CNCc1cc(Cl)cc(OC)c1OCc1cnn(C)c1. The van der Waals surface area contributed by atoms with Crippen molar-refractivity contribution in [3.63, 3.8) is 0 Å². The average molecular weight is 296 g/mol. The van der Waals surface area contributed by atoms with Crippen LogP contribution in [0.5, 0.6) is 11.5 Å². The van der Waals surface area contributed by atoms with Gasteiger partial charge in [0.2, 0.25) is 0 Å². The Hall–Kier alpha value is -1.72. The van der Waals surface area contributed by atoms with Gasteiger partial charge in [-0.3, -0.25) is 4.68 Å². The van der Waals surface area contributed by atoms with E-state index in [-0.39, 0.29) is 0 Å². The number of aromatic nitrogens is 2. The minimum Gasteiger partial charge on any atom is -0.493 e. The molecule has 1 aromatic carbocycles. The van der Waals surface area contributed by atoms with Gasteiger partial charge >= 0.3 is 0 Å². The third-order valence-corrected chi connectivity index (χ3v) is 3.04. The minimum atomic E-state index is 0.433. The number of methoxy groups -OCH3 is 1. The molecule has 0 fully saturated rings. The van der Waals surface area contributed by atoms with Crippen molar-refractivity contribution in [1.82, 2.24) is 15.1 Å². The Morgan fingerprint density at radius 2 is 2.20 bits per heavy atom. The molecule has 6 heteroatoms. The molecule has 2 aromatic rings. The van der Waals surface area contributed by atoms with Crippen molar-refractivity contribution in [2.24, 2.45) is 7.05 Å². The van der Waals surface area contributed by atoms with Crippen LogP contribution in [-0.4, -0.2) is 23.9 Å². The number of nitrogens with zero attached hydrogens (tertiary/aromatic N) is 2. The fraction of sp³-hybridized carbons (Fsp3) is 0.357. The van der Waals surface area contributed by atoms with Crippen LogP contribution in [-0.2, 0) is 20.2 Å². The molecule has 1 heterocycles. The zero-order valence-electron chi connectivity index (χ0n) is 11.8. The molecule has 0 amide bonds. The van der Waals surface area contributed by atoms with Crippen molar-refractivity contribution in [1.29, 1.82) is 0 Å². The Kier molecular flexibility index (Phi) is 4.87. The van der Waals surface area contributed by atoms with E-state index >= 15 is 0 Å². The highest BCUT2D eigenvalue weighted by Gasteiger charge is 2.13. The number of halogens is 1. The van der Waals surface area contributed by atoms with Crippen LogP contribution < -0.4 is 14.8 Å². The quantitative estimate of drug-likeness (QED) is 0.889. The van der Waals surface area contributed by atoms with Crippen LogP contribution in [0.3, 0.4) is 0 Å². The second-order valence-corrected chi connectivity index (χ2v) is 4.87. The van der Waals surface area contributed by atoms with Gasteiger partial charge in [-0.15, -0.1) is 0 Å². The number of hydrogen-bond acceptors (Lipinski definition) is 4. The Bertz CT molecular complexity index is 584. The molecule has 0 bridgehead atoms. The summed E-state index contributed by atoms with van der Waals surface area (Å²) in [6.45, 7) is 1.09. The predicted octanol–water partition coefficient (Wildman–Crippen LogP) is 2.38. The molecule has 0 aliphatic rings. The van der Waals surface area contributed by atoms with E-state index in [1.54, 1.807) is 24.1 Å². The summed E-state index contributed by atoms with van der Waals surface area (Å²) in [5.74, 6) is 1.33. The largest absolute Gasteiger partial charge is 0.493 e. The number of hydrogen-bond donors (Lipinski definition) is 1. The molecule has 0 saturated carbocycles. The molecule has 5 nitrogen and oxygen atoms in total. The van der Waals surface area contributed by atoms with Crippen molar-refractivity contribution in [2.45, 2.75) is 13.2 Å². The van der Waals surface area contributed by atoms with Gasteiger partial charge in [0, 0.05) is 42.0 Å². The Morgan fingerprint density at radius 1 is 1.40 bits per heavy atom. The number of rotatable bonds is 6. The normalized spacial score (nSPS) is 10.6. The van der Waals surface area contributed by atoms with Crippen molar-refractivity contribution >= 4 is 11.6 Å². The first-order valence-electron chi connectivity index (χ1n) is 6.25. The van der Waals surface area contributed by atoms with Crippen molar-refractivity contribution < 1.29 is 9.47 Å². The maximum atomic E-state index is 6.08. The lowest BCUT2D eigenvalue weighted by molar-refractivity contribution is 0.281. The lowest BCUT2D eigenvalue weighted by Gasteiger charge is -2.15. The molecule has 0 aliphatic carbocycles. The molecule has 0 radical (unpaired) electrons. The zero-order valence-corrected chi connectivity index (χ0v) is 12.6. The van der Waals surface area contributed by atoms with Crippen LogP contribution in [0.4, 0.5) is 0 Å². The van der Waals surface area contributed by atoms with Gasteiger partial charge in [-0.25, -0.2) is 0 Å². The first-order chi connectivity index (χ1) is 9.63. The van der Waals surface area contributed by atoms with Gasteiger partial charge in [-0.2, -0.15) is 5.10 Å². The second-order valence-electron chi connectivity index (χ2n) is 4.44. The van der Waals surface area contributed by atoms with Crippen LogP contribution in [0, 0.1) is 0 Å². The summed E-state index contributed by atoms with van der Waals surface area (Å²) in [7, 11) is 5.35. The molecule has 1 N–H and O–H groups in total. The first kappa shape index (κ1) is 14.7. The highest BCUT2D eigenvalue weighted by atomic mass is 35.5. The molecule has 0 unspecified atom stereocenters. The van der Waals surface area contributed by atoms with Crippen molar-refractivity contribution in [3.8, 4) is 11.5 Å². The van der Waals surface area contributed by atoms with Gasteiger partial charge in [0.1, 0.15) is 6.61 Å². The van der Waals surface area contributed by atoms with E-state index in [1.165, 1.54) is 0 Å². The summed E-state index contributed by atoms with van der Waals surface area (Å²) in [5, 5.41) is 7.84. The molecule has 108 valence electrons. The van der Waals surface area contributed by atoms with Gasteiger partial charge in [-0.05, 0) is 13.1 Å². The van der Waals surface area contributed by atoms with Gasteiger partial charge in [-0.1, -0.05) is 11.6 Å². The lowest BCUT2D eigenvalue weighted by Crippen LogP contribution is -2.08. The van der Waals surface area contributed by atoms with E-state index in [4.69, 9.17) is 21.1 Å². The third-order valence-electron chi connectivity index (χ3n) is 2.83. The first-order valence-corrected chi connectivity index (χ1v) is 6.63. The Balaban J connectivity index is 2.23. The number of nitrogens with one attached hydrogen (secondary N) is 1. The molecule has 20 heavy (non-hydrogen) atoms. The van der Waals surface area contributed by atoms with E-state index in [0.29, 0.717) is 29.7 Å². The standard InChI is InChI=1S/C14H18ClN3O2/c1-16-7-11-4-12(15)5-13(19-3)14(11)20-9-10-6-17-18(2)8-10/h4-6,8,16H,7,9H2,1-3H3. The van der Waals surface area contributed by atoms with E-state index in [0.717, 1.165) is 11.1 Å². The van der Waals surface area contributed by atoms with Gasteiger partial charge in [0.25, 0.3) is 0 Å². The molecule has 0 aliphatic heterocycles. The minimum absolute atomic E-state index is 0.433. The van der Waals surface area contributed by atoms with Crippen LogP contribution in [0.15, 0.2) is 24.5 Å². The number of aryl methyl sites for hydroxylation is 1. The maximum Gasteiger partial charge on any atom is 0.166 e. The summed E-state index contributed by atoms with van der Waals surface area (Å²) in [4.78, 5) is 0. The van der Waals surface area contributed by atoms with Crippen molar-refractivity contribution in [2.75, 3.05) is 14.2 Å². The van der Waals surface area contributed by atoms with Gasteiger partial charge in [0.05, 0.1) is 13.3 Å². The van der Waals surface area contributed by atoms with Crippen LogP contribution in [0.2, 0.25) is 5.02 Å². The number of ether oxygens (including phenoxy) is 2. The summed E-state index contributed by atoms with van der Waals surface area (Å²) in [6, 6.07) is 3.62. The van der Waals surface area contributed by atoms with Gasteiger partial charge in [0.15, 0.2) is 11.5 Å². The highest BCUT2D eigenvalue weighted by Crippen LogP contribution is 2.35. The monoisotopic (exact) mass is 295 g/mol. The molecule has 0 spiro atoms. The van der Waals surface area contributed by atoms with Crippen LogP contribution in [0.1, 0.15) is 11.1 Å². The summed E-state index contributed by atoms with van der Waals surface area (Å²) >= 11 is 6.08. The average Bonchev–Trinajstić information content (AvgIpc) is 2.83. The number of benzene rings is 1. The predicted molar refractivity (Wildman–Crippen MR) is 78.3 cm³/mol. The molecule has 0 atom stereocenters. The van der Waals surface area contributed by atoms with E-state index in [2.05, 4.69) is 10.4 Å². The maximum absolute atomic E-state index is 6.08. The fourth-order valence-electron chi connectivity index (χ4n) is 1.96. The summed E-state index contributed by atoms with van der Waals surface area (Å²) in [5.41, 5.74) is 1.96. The highest BCUT2D eigenvalue weighted by molar-refractivity contribution is 6.30. The molecule has 1 aromatic heterocycles. The smallest absolute Gasteiger partial charge is 0.166 e. The van der Waals surface area contributed by atoms with E-state index < -0.39 is 0 Å². The van der Waals surface area contributed by atoms with E-state index in [9.17, 15) is 0 Å². The molecule has 0 saturated heterocycles. The summed E-state index contributed by atoms with van der Waals surface area (Å²) < 4.78 is 13.0. The lowest BCUT2D eigenvalue weighted by atomic mass is 10.2. The van der Waals surface area contributed by atoms with Gasteiger partial charge < -0.3 is 14.8 Å². The zero-order chi connectivity index (χ0) is 14.5. The van der Waals surface area contributed by atoms with Crippen LogP contribution in [0.25, 0.3) is 0 Å².